The summed E-state index contributed by atoms with van der Waals surface area (Å²) in [4.78, 5) is 5.36. The van der Waals surface area contributed by atoms with E-state index in [0.29, 0.717) is 24.1 Å². The van der Waals surface area contributed by atoms with Gasteiger partial charge in [0.15, 0.2) is 5.82 Å². The fraction of sp³-hybridized carbons (Fsp3) is 0.353. The summed E-state index contributed by atoms with van der Waals surface area (Å²) in [5.74, 6) is 2.80. The molecule has 0 bridgehead atoms. The van der Waals surface area contributed by atoms with Crippen LogP contribution in [0.5, 0.6) is 0 Å². The molecule has 3 heterocycles. The molecule has 0 radical (unpaired) electrons. The first-order valence-corrected chi connectivity index (χ1v) is 9.18. The monoisotopic (exact) mass is 352 g/mol. The van der Waals surface area contributed by atoms with Gasteiger partial charge in [-0.15, -0.1) is 10.2 Å². The minimum atomic E-state index is 0.540. The van der Waals surface area contributed by atoms with Crippen LogP contribution in [-0.4, -0.2) is 30.0 Å². The highest BCUT2D eigenvalue weighted by Crippen LogP contribution is 2.39. The Morgan fingerprint density at radius 2 is 2.16 bits per heavy atom. The molecule has 5 rings (SSSR count). The molecule has 3 aromatic heterocycles. The Hall–Kier alpha value is -2.61. The molecule has 1 fully saturated rings. The van der Waals surface area contributed by atoms with E-state index >= 15 is 0 Å². The van der Waals surface area contributed by atoms with E-state index in [4.69, 9.17) is 4.52 Å². The first-order valence-electron chi connectivity index (χ1n) is 8.37. The average molecular weight is 352 g/mol. The zero-order valence-electron chi connectivity index (χ0n) is 13.7. The van der Waals surface area contributed by atoms with Crippen LogP contribution < -0.4 is 0 Å². The molecule has 0 saturated heterocycles. The molecule has 1 aliphatic carbocycles. The van der Waals surface area contributed by atoms with Crippen LogP contribution in [0.2, 0.25) is 0 Å². The van der Waals surface area contributed by atoms with Crippen LogP contribution in [0.4, 0.5) is 0 Å². The van der Waals surface area contributed by atoms with Gasteiger partial charge in [-0.3, -0.25) is 0 Å². The van der Waals surface area contributed by atoms with E-state index in [1.807, 2.05) is 29.6 Å². The molecule has 1 aliphatic rings. The molecule has 0 aliphatic heterocycles. The Morgan fingerprint density at radius 1 is 1.24 bits per heavy atom. The Kier molecular flexibility index (Phi) is 3.37. The molecule has 0 unspecified atom stereocenters. The third-order valence-electron chi connectivity index (χ3n) is 4.30. The lowest BCUT2D eigenvalue weighted by Crippen LogP contribution is -1.96. The van der Waals surface area contributed by atoms with Gasteiger partial charge in [-0.1, -0.05) is 40.3 Å². The SMILES string of the molecule is Cc1cccc(-c2noc(CCc3nn4c(C5CC5)nnc4s3)n2)c1. The molecule has 1 aromatic carbocycles. The van der Waals surface area contributed by atoms with E-state index in [1.165, 1.54) is 18.4 Å². The van der Waals surface area contributed by atoms with Gasteiger partial charge < -0.3 is 4.52 Å². The van der Waals surface area contributed by atoms with Gasteiger partial charge in [0, 0.05) is 24.3 Å². The first-order chi connectivity index (χ1) is 12.3. The summed E-state index contributed by atoms with van der Waals surface area (Å²) in [7, 11) is 0. The van der Waals surface area contributed by atoms with E-state index < -0.39 is 0 Å². The van der Waals surface area contributed by atoms with E-state index in [2.05, 4.69) is 31.5 Å². The van der Waals surface area contributed by atoms with Crippen LogP contribution in [0.3, 0.4) is 0 Å². The average Bonchev–Trinajstić information content (AvgIpc) is 3.04. The Balaban J connectivity index is 1.31. The van der Waals surface area contributed by atoms with Crippen molar-refractivity contribution in [3.05, 3.63) is 46.6 Å². The molecule has 8 heteroatoms. The number of nitrogens with zero attached hydrogens (tertiary/aromatic N) is 6. The highest BCUT2D eigenvalue weighted by Gasteiger charge is 2.30. The molecule has 0 spiro atoms. The van der Waals surface area contributed by atoms with Gasteiger partial charge in [0.25, 0.3) is 0 Å². The second kappa shape index (κ2) is 5.73. The summed E-state index contributed by atoms with van der Waals surface area (Å²) in [6, 6.07) is 8.09. The van der Waals surface area contributed by atoms with Crippen molar-refractivity contribution >= 4 is 16.3 Å². The summed E-state index contributed by atoms with van der Waals surface area (Å²) >= 11 is 1.58. The van der Waals surface area contributed by atoms with Crippen molar-refractivity contribution < 1.29 is 4.52 Å². The molecular weight excluding hydrogens is 336 g/mol. The lowest BCUT2D eigenvalue weighted by Gasteiger charge is -1.95. The second-order valence-corrected chi connectivity index (χ2v) is 7.44. The summed E-state index contributed by atoms with van der Waals surface area (Å²) in [5.41, 5.74) is 2.15. The molecule has 25 heavy (non-hydrogen) atoms. The van der Waals surface area contributed by atoms with Crippen LogP contribution in [0.25, 0.3) is 16.3 Å². The standard InChI is InChI=1S/C17H16N6OS/c1-10-3-2-4-12(9-10)15-18-13(24-22-15)7-8-14-21-23-16(11-5-6-11)19-20-17(23)25-14/h2-4,9,11H,5-8H2,1H3. The normalized spacial score (nSPS) is 14.4. The fourth-order valence-electron chi connectivity index (χ4n) is 2.84. The summed E-state index contributed by atoms with van der Waals surface area (Å²) in [6.45, 7) is 2.05. The molecular formula is C17H16N6OS. The zero-order valence-corrected chi connectivity index (χ0v) is 14.5. The predicted molar refractivity (Wildman–Crippen MR) is 92.5 cm³/mol. The summed E-state index contributed by atoms with van der Waals surface area (Å²) < 4.78 is 7.28. The molecule has 126 valence electrons. The Labute approximate surface area is 147 Å². The zero-order chi connectivity index (χ0) is 16.8. The molecule has 7 nitrogen and oxygen atoms in total. The molecule has 0 amide bonds. The minimum absolute atomic E-state index is 0.540. The second-order valence-electron chi connectivity index (χ2n) is 6.40. The van der Waals surface area contributed by atoms with Crippen LogP contribution in [0, 0.1) is 6.92 Å². The van der Waals surface area contributed by atoms with Crippen molar-refractivity contribution in [3.63, 3.8) is 0 Å². The number of hydrogen-bond donors (Lipinski definition) is 0. The first kappa shape index (κ1) is 14.7. The topological polar surface area (TPSA) is 82.0 Å². The van der Waals surface area contributed by atoms with Crippen molar-refractivity contribution in [3.8, 4) is 11.4 Å². The molecule has 1 saturated carbocycles. The Morgan fingerprint density at radius 3 is 3.00 bits per heavy atom. The number of aromatic nitrogens is 6. The van der Waals surface area contributed by atoms with Crippen molar-refractivity contribution in [2.24, 2.45) is 0 Å². The number of rotatable bonds is 5. The fourth-order valence-corrected chi connectivity index (χ4v) is 3.68. The van der Waals surface area contributed by atoms with Gasteiger partial charge in [0.1, 0.15) is 5.01 Å². The number of hydrogen-bond acceptors (Lipinski definition) is 7. The van der Waals surface area contributed by atoms with Gasteiger partial charge in [0.05, 0.1) is 0 Å². The smallest absolute Gasteiger partial charge is 0.234 e. The maximum atomic E-state index is 5.39. The lowest BCUT2D eigenvalue weighted by molar-refractivity contribution is 0.378. The largest absolute Gasteiger partial charge is 0.339 e. The minimum Gasteiger partial charge on any atom is -0.339 e. The van der Waals surface area contributed by atoms with Crippen LogP contribution >= 0.6 is 11.3 Å². The number of fused-ring (bicyclic) bond motifs is 1. The third kappa shape index (κ3) is 2.82. The summed E-state index contributed by atoms with van der Waals surface area (Å²) in [6.07, 6.45) is 3.81. The highest BCUT2D eigenvalue weighted by atomic mass is 32.1. The van der Waals surface area contributed by atoms with Gasteiger partial charge in [-0.05, 0) is 25.8 Å². The maximum Gasteiger partial charge on any atom is 0.234 e. The predicted octanol–water partition coefficient (Wildman–Crippen LogP) is 3.21. The van der Waals surface area contributed by atoms with Crippen LogP contribution in [-0.2, 0) is 12.8 Å². The van der Waals surface area contributed by atoms with Crippen molar-refractivity contribution in [2.45, 2.75) is 38.5 Å². The quantitative estimate of drug-likeness (QED) is 0.548. The van der Waals surface area contributed by atoms with Gasteiger partial charge in [-0.25, -0.2) is 0 Å². The van der Waals surface area contributed by atoms with E-state index in [0.717, 1.165) is 27.8 Å². The maximum absolute atomic E-state index is 5.39. The molecule has 4 aromatic rings. The highest BCUT2D eigenvalue weighted by molar-refractivity contribution is 7.16. The van der Waals surface area contributed by atoms with E-state index in [-0.39, 0.29) is 0 Å². The number of benzene rings is 1. The summed E-state index contributed by atoms with van der Waals surface area (Å²) in [5, 5.41) is 18.2. The van der Waals surface area contributed by atoms with Crippen LogP contribution in [0.15, 0.2) is 28.8 Å². The molecule has 0 N–H and O–H groups in total. The van der Waals surface area contributed by atoms with Crippen molar-refractivity contribution in [2.75, 3.05) is 0 Å². The van der Waals surface area contributed by atoms with E-state index in [1.54, 1.807) is 11.3 Å². The Bertz CT molecular complexity index is 1040. The van der Waals surface area contributed by atoms with Crippen LogP contribution in [0.1, 0.15) is 41.0 Å². The van der Waals surface area contributed by atoms with Gasteiger partial charge in [-0.2, -0.15) is 14.6 Å². The third-order valence-corrected chi connectivity index (χ3v) is 5.25. The van der Waals surface area contributed by atoms with Gasteiger partial charge >= 0.3 is 0 Å². The van der Waals surface area contributed by atoms with E-state index in [9.17, 15) is 0 Å². The van der Waals surface area contributed by atoms with Gasteiger partial charge in [0.2, 0.25) is 16.7 Å². The lowest BCUT2D eigenvalue weighted by atomic mass is 10.1. The number of aryl methyl sites for hydroxylation is 3. The van der Waals surface area contributed by atoms with Crippen molar-refractivity contribution in [1.82, 2.24) is 30.0 Å². The molecule has 0 atom stereocenters. The van der Waals surface area contributed by atoms with Crippen molar-refractivity contribution in [1.29, 1.82) is 0 Å².